The molecule has 0 saturated heterocycles. The van der Waals surface area contributed by atoms with Crippen LogP contribution >= 0.6 is 11.8 Å². The average Bonchev–Trinajstić information content (AvgIpc) is 3.22. The summed E-state index contributed by atoms with van der Waals surface area (Å²) in [7, 11) is 0. The highest BCUT2D eigenvalue weighted by molar-refractivity contribution is 7.99. The second kappa shape index (κ2) is 9.49. The molecule has 1 atom stereocenters. The molecule has 0 saturated carbocycles. The molecule has 0 radical (unpaired) electrons. The number of amides is 1. The van der Waals surface area contributed by atoms with Gasteiger partial charge in [0.15, 0.2) is 5.16 Å². The van der Waals surface area contributed by atoms with Crippen molar-refractivity contribution in [3.63, 3.8) is 0 Å². The zero-order valence-electron chi connectivity index (χ0n) is 18.1. The van der Waals surface area contributed by atoms with Gasteiger partial charge in [-0.05, 0) is 41.7 Å². The minimum atomic E-state index is -0.254. The Morgan fingerprint density at radius 2 is 2.00 bits per heavy atom. The van der Waals surface area contributed by atoms with E-state index in [9.17, 15) is 14.0 Å². The standard InChI is InChI=1S/C25H25FN4O2S/c26-18-8-5-16(6-9-18)13-30-12-11-22-20(14-30)24(32)29-25(28-22)33-15-23(31)27-21-10-7-17-3-1-2-4-19(17)21/h1-6,8-9,21H,7,10-15H2,(H,27,31)(H,28,29,32). The fourth-order valence-electron chi connectivity index (χ4n) is 4.59. The number of aryl methyl sites for hydroxylation is 1. The number of nitrogens with zero attached hydrogens (tertiary/aromatic N) is 2. The molecular formula is C25H25FN4O2S. The molecule has 33 heavy (non-hydrogen) atoms. The molecule has 170 valence electrons. The number of benzene rings is 2. The molecule has 5 rings (SSSR count). The summed E-state index contributed by atoms with van der Waals surface area (Å²) in [6.45, 7) is 1.92. The van der Waals surface area contributed by atoms with Crippen LogP contribution < -0.4 is 10.9 Å². The molecule has 2 aromatic carbocycles. The number of aromatic amines is 1. The molecule has 1 unspecified atom stereocenters. The molecule has 0 fully saturated rings. The SMILES string of the molecule is O=C(CSc1nc2c(c(=O)[nH]1)CN(Cc1ccc(F)cc1)CC2)NC1CCc2ccccc21. The first-order valence-corrected chi connectivity index (χ1v) is 12.1. The number of carbonyl (C=O) groups is 1. The third-order valence-corrected chi connectivity index (χ3v) is 7.13. The number of aromatic nitrogens is 2. The fraction of sp³-hybridized carbons (Fsp3) is 0.320. The highest BCUT2D eigenvalue weighted by Crippen LogP contribution is 2.30. The topological polar surface area (TPSA) is 78.1 Å². The van der Waals surface area contributed by atoms with Crippen molar-refractivity contribution in [1.82, 2.24) is 20.2 Å². The molecule has 3 aromatic rings. The maximum absolute atomic E-state index is 13.1. The molecule has 1 aromatic heterocycles. The van der Waals surface area contributed by atoms with Crippen LogP contribution in [0.25, 0.3) is 0 Å². The van der Waals surface area contributed by atoms with Gasteiger partial charge in [0, 0.05) is 26.1 Å². The van der Waals surface area contributed by atoms with Crippen LogP contribution in [0.1, 0.15) is 40.4 Å². The quantitative estimate of drug-likeness (QED) is 0.432. The van der Waals surface area contributed by atoms with Crippen molar-refractivity contribution in [2.75, 3.05) is 12.3 Å². The molecule has 2 aliphatic rings. The van der Waals surface area contributed by atoms with Crippen LogP contribution in [0.5, 0.6) is 0 Å². The lowest BCUT2D eigenvalue weighted by Gasteiger charge is -2.27. The largest absolute Gasteiger partial charge is 0.349 e. The predicted molar refractivity (Wildman–Crippen MR) is 125 cm³/mol. The first-order valence-electron chi connectivity index (χ1n) is 11.1. The third kappa shape index (κ3) is 5.02. The summed E-state index contributed by atoms with van der Waals surface area (Å²) in [6, 6.07) is 14.7. The Hall–Kier alpha value is -2.97. The molecule has 8 heteroatoms. The summed E-state index contributed by atoms with van der Waals surface area (Å²) >= 11 is 1.26. The van der Waals surface area contributed by atoms with Crippen molar-refractivity contribution in [2.45, 2.75) is 43.6 Å². The zero-order valence-corrected chi connectivity index (χ0v) is 19.0. The van der Waals surface area contributed by atoms with Crippen molar-refractivity contribution >= 4 is 17.7 Å². The molecule has 1 amide bonds. The van der Waals surface area contributed by atoms with E-state index < -0.39 is 0 Å². The number of hydrogen-bond donors (Lipinski definition) is 2. The summed E-state index contributed by atoms with van der Waals surface area (Å²) in [5.41, 5.74) is 4.80. The van der Waals surface area contributed by atoms with Crippen molar-refractivity contribution in [1.29, 1.82) is 0 Å². The minimum absolute atomic E-state index is 0.0527. The number of rotatable bonds is 6. The number of fused-ring (bicyclic) bond motifs is 2. The number of H-pyrrole nitrogens is 1. The Morgan fingerprint density at radius 1 is 1.18 bits per heavy atom. The van der Waals surface area contributed by atoms with Gasteiger partial charge in [-0.3, -0.25) is 14.5 Å². The first kappa shape index (κ1) is 21.9. The average molecular weight is 465 g/mol. The number of hydrogen-bond acceptors (Lipinski definition) is 5. The Kier molecular flexibility index (Phi) is 6.28. The van der Waals surface area contributed by atoms with Gasteiger partial charge >= 0.3 is 0 Å². The number of nitrogens with one attached hydrogen (secondary N) is 2. The van der Waals surface area contributed by atoms with Crippen molar-refractivity contribution in [3.8, 4) is 0 Å². The van der Waals surface area contributed by atoms with Gasteiger partial charge in [0.05, 0.1) is 23.1 Å². The van der Waals surface area contributed by atoms with Crippen molar-refractivity contribution in [3.05, 3.63) is 92.6 Å². The van der Waals surface area contributed by atoms with E-state index in [0.717, 1.165) is 30.6 Å². The predicted octanol–water partition coefficient (Wildman–Crippen LogP) is 3.36. The van der Waals surface area contributed by atoms with Gasteiger partial charge in [-0.25, -0.2) is 9.37 Å². The number of halogens is 1. The van der Waals surface area contributed by atoms with E-state index in [-0.39, 0.29) is 29.1 Å². The molecule has 1 aliphatic heterocycles. The van der Waals surface area contributed by atoms with E-state index in [2.05, 4.69) is 32.3 Å². The number of thioether (sulfide) groups is 1. The van der Waals surface area contributed by atoms with E-state index in [4.69, 9.17) is 0 Å². The summed E-state index contributed by atoms with van der Waals surface area (Å²) in [4.78, 5) is 34.8. The molecule has 0 spiro atoms. The van der Waals surface area contributed by atoms with Crippen LogP contribution in [0.15, 0.2) is 58.5 Å². The van der Waals surface area contributed by atoms with Gasteiger partial charge in [0.2, 0.25) is 5.91 Å². The first-order chi connectivity index (χ1) is 16.0. The summed E-state index contributed by atoms with van der Waals surface area (Å²) < 4.78 is 13.1. The normalized spacial score (nSPS) is 17.4. The maximum atomic E-state index is 13.1. The van der Waals surface area contributed by atoms with Gasteiger partial charge < -0.3 is 10.3 Å². The van der Waals surface area contributed by atoms with Gasteiger partial charge in [0.25, 0.3) is 5.56 Å². The monoisotopic (exact) mass is 464 g/mol. The van der Waals surface area contributed by atoms with Gasteiger partial charge in [-0.1, -0.05) is 48.2 Å². The Labute approximate surface area is 195 Å². The fourth-order valence-corrected chi connectivity index (χ4v) is 5.28. The maximum Gasteiger partial charge on any atom is 0.256 e. The van der Waals surface area contributed by atoms with E-state index in [1.807, 2.05) is 12.1 Å². The van der Waals surface area contributed by atoms with Crippen LogP contribution in [-0.2, 0) is 30.7 Å². The highest BCUT2D eigenvalue weighted by Gasteiger charge is 2.24. The summed E-state index contributed by atoms with van der Waals surface area (Å²) in [6.07, 6.45) is 2.56. The summed E-state index contributed by atoms with van der Waals surface area (Å²) in [5, 5.41) is 3.58. The van der Waals surface area contributed by atoms with E-state index in [0.29, 0.717) is 30.2 Å². The highest BCUT2D eigenvalue weighted by atomic mass is 32.2. The molecule has 1 aliphatic carbocycles. The molecular weight excluding hydrogens is 439 g/mol. The second-order valence-electron chi connectivity index (χ2n) is 8.53. The zero-order chi connectivity index (χ0) is 22.8. The van der Waals surface area contributed by atoms with Gasteiger partial charge in [-0.2, -0.15) is 0 Å². The number of carbonyl (C=O) groups excluding carboxylic acids is 1. The lowest BCUT2D eigenvalue weighted by Crippen LogP contribution is -2.35. The van der Waals surface area contributed by atoms with Crippen LogP contribution in [0.4, 0.5) is 4.39 Å². The lowest BCUT2D eigenvalue weighted by atomic mass is 10.1. The molecule has 2 N–H and O–H groups in total. The van der Waals surface area contributed by atoms with Crippen LogP contribution in [0, 0.1) is 5.82 Å². The van der Waals surface area contributed by atoms with Crippen LogP contribution in [-0.4, -0.2) is 33.1 Å². The van der Waals surface area contributed by atoms with Crippen LogP contribution in [0.3, 0.4) is 0 Å². The van der Waals surface area contributed by atoms with Crippen molar-refractivity contribution < 1.29 is 9.18 Å². The Morgan fingerprint density at radius 3 is 2.85 bits per heavy atom. The van der Waals surface area contributed by atoms with E-state index >= 15 is 0 Å². The van der Waals surface area contributed by atoms with E-state index in [1.165, 1.54) is 35.0 Å². The second-order valence-corrected chi connectivity index (χ2v) is 9.49. The third-order valence-electron chi connectivity index (χ3n) is 6.25. The molecule has 6 nitrogen and oxygen atoms in total. The van der Waals surface area contributed by atoms with Gasteiger partial charge in [0.1, 0.15) is 5.82 Å². The smallest absolute Gasteiger partial charge is 0.256 e. The molecule has 0 bridgehead atoms. The lowest BCUT2D eigenvalue weighted by molar-refractivity contribution is -0.119. The van der Waals surface area contributed by atoms with Gasteiger partial charge in [-0.15, -0.1) is 0 Å². The van der Waals surface area contributed by atoms with E-state index in [1.54, 1.807) is 12.1 Å². The minimum Gasteiger partial charge on any atom is -0.349 e. The Balaban J connectivity index is 1.18. The van der Waals surface area contributed by atoms with Crippen LogP contribution in [0.2, 0.25) is 0 Å². The Bertz CT molecular complexity index is 1230. The molecule has 2 heterocycles. The van der Waals surface area contributed by atoms with Crippen molar-refractivity contribution in [2.24, 2.45) is 0 Å². The summed E-state index contributed by atoms with van der Waals surface area (Å²) in [5.74, 6) is -0.112.